The molecule has 0 saturated heterocycles. The molecule has 0 atom stereocenters. The third-order valence-electron chi connectivity index (χ3n) is 2.61. The van der Waals surface area contributed by atoms with E-state index < -0.39 is 0 Å². The third kappa shape index (κ3) is 3.78. The number of aromatic nitrogens is 2. The van der Waals surface area contributed by atoms with E-state index in [1.54, 1.807) is 11.3 Å². The zero-order valence-electron chi connectivity index (χ0n) is 10.3. The van der Waals surface area contributed by atoms with E-state index in [1.807, 2.05) is 0 Å². The Morgan fingerprint density at radius 2 is 2.00 bits per heavy atom. The van der Waals surface area contributed by atoms with Crippen LogP contribution in [0.15, 0.2) is 0 Å². The summed E-state index contributed by atoms with van der Waals surface area (Å²) in [5.74, 6) is 0.470. The molecule has 0 aliphatic heterocycles. The third-order valence-corrected chi connectivity index (χ3v) is 3.79. The molecule has 86 valence electrons. The lowest BCUT2D eigenvalue weighted by Gasteiger charge is -2.22. The highest BCUT2D eigenvalue weighted by Gasteiger charge is 2.15. The van der Waals surface area contributed by atoms with Crippen molar-refractivity contribution < 1.29 is 0 Å². The monoisotopic (exact) mass is 227 g/mol. The first-order valence-corrected chi connectivity index (χ1v) is 6.33. The lowest BCUT2D eigenvalue weighted by atomic mass is 9.90. The van der Waals surface area contributed by atoms with E-state index in [4.69, 9.17) is 0 Å². The van der Waals surface area contributed by atoms with Crippen LogP contribution in [0.4, 0.5) is 5.13 Å². The van der Waals surface area contributed by atoms with Crippen molar-refractivity contribution in [2.24, 2.45) is 5.41 Å². The first-order chi connectivity index (χ1) is 6.94. The van der Waals surface area contributed by atoms with Gasteiger partial charge in [0.05, 0.1) is 0 Å². The van der Waals surface area contributed by atoms with E-state index in [2.05, 4.69) is 50.1 Å². The minimum absolute atomic E-state index is 0.323. The Hall–Kier alpha value is -0.640. The second-order valence-electron chi connectivity index (χ2n) is 4.97. The van der Waals surface area contributed by atoms with Crippen molar-refractivity contribution in [3.8, 4) is 0 Å². The van der Waals surface area contributed by atoms with Gasteiger partial charge in [-0.25, -0.2) is 0 Å². The van der Waals surface area contributed by atoms with Crippen molar-refractivity contribution in [1.82, 2.24) is 10.2 Å². The van der Waals surface area contributed by atoms with Gasteiger partial charge in [-0.15, -0.1) is 10.2 Å². The summed E-state index contributed by atoms with van der Waals surface area (Å²) in [5, 5.41) is 13.7. The number of hydrogen-bond acceptors (Lipinski definition) is 4. The van der Waals surface area contributed by atoms with Crippen LogP contribution in [0.3, 0.4) is 0 Å². The minimum Gasteiger partial charge on any atom is -0.360 e. The molecule has 0 aliphatic carbocycles. The van der Waals surface area contributed by atoms with Gasteiger partial charge in [0.1, 0.15) is 5.01 Å². The topological polar surface area (TPSA) is 37.8 Å². The molecule has 0 saturated carbocycles. The summed E-state index contributed by atoms with van der Waals surface area (Å²) >= 11 is 1.66. The van der Waals surface area contributed by atoms with Gasteiger partial charge in [-0.1, -0.05) is 46.0 Å². The number of nitrogens with one attached hydrogen (secondary N) is 1. The highest BCUT2D eigenvalue weighted by atomic mass is 32.1. The molecular weight excluding hydrogens is 206 g/mol. The molecule has 1 heterocycles. The lowest BCUT2D eigenvalue weighted by molar-refractivity contribution is 0.377. The van der Waals surface area contributed by atoms with Crippen LogP contribution < -0.4 is 5.32 Å². The summed E-state index contributed by atoms with van der Waals surface area (Å²) in [6.07, 6.45) is 1.16. The van der Waals surface area contributed by atoms with E-state index in [0.29, 0.717) is 11.3 Å². The summed E-state index contributed by atoms with van der Waals surface area (Å²) in [7, 11) is 0. The number of rotatable bonds is 5. The molecule has 0 radical (unpaired) electrons. The van der Waals surface area contributed by atoms with Crippen LogP contribution in [0.25, 0.3) is 0 Å². The largest absolute Gasteiger partial charge is 0.360 e. The van der Waals surface area contributed by atoms with Gasteiger partial charge in [0.2, 0.25) is 5.13 Å². The van der Waals surface area contributed by atoms with E-state index in [1.165, 1.54) is 0 Å². The quantitative estimate of drug-likeness (QED) is 0.836. The summed E-state index contributed by atoms with van der Waals surface area (Å²) in [5.41, 5.74) is 0.323. The molecule has 0 bridgehead atoms. The zero-order chi connectivity index (χ0) is 11.5. The van der Waals surface area contributed by atoms with E-state index in [9.17, 15) is 0 Å². The van der Waals surface area contributed by atoms with Crippen molar-refractivity contribution in [2.75, 3.05) is 11.9 Å². The summed E-state index contributed by atoms with van der Waals surface area (Å²) < 4.78 is 0. The molecule has 4 heteroatoms. The first kappa shape index (κ1) is 12.4. The van der Waals surface area contributed by atoms with Gasteiger partial charge >= 0.3 is 0 Å². The molecule has 1 aromatic heterocycles. The molecule has 0 aliphatic rings. The number of hydrogen-bond donors (Lipinski definition) is 1. The van der Waals surface area contributed by atoms with E-state index in [0.717, 1.165) is 23.1 Å². The minimum atomic E-state index is 0.323. The molecule has 0 unspecified atom stereocenters. The smallest absolute Gasteiger partial charge is 0.205 e. The predicted molar refractivity (Wildman–Crippen MR) is 66.6 cm³/mol. The normalized spacial score (nSPS) is 12.1. The van der Waals surface area contributed by atoms with E-state index in [-0.39, 0.29) is 0 Å². The van der Waals surface area contributed by atoms with Gasteiger partial charge in [-0.05, 0) is 11.8 Å². The highest BCUT2D eigenvalue weighted by Crippen LogP contribution is 2.25. The van der Waals surface area contributed by atoms with Gasteiger partial charge in [-0.3, -0.25) is 0 Å². The maximum absolute atomic E-state index is 4.15. The van der Waals surface area contributed by atoms with Crippen LogP contribution in [-0.2, 0) is 0 Å². The zero-order valence-corrected chi connectivity index (χ0v) is 11.1. The number of anilines is 1. The lowest BCUT2D eigenvalue weighted by Crippen LogP contribution is -2.21. The summed E-state index contributed by atoms with van der Waals surface area (Å²) in [6, 6.07) is 0. The molecule has 0 amide bonds. The SMILES string of the molecule is CCC(C)(C)CNc1nnc(C(C)C)s1. The Bertz CT molecular complexity index is 305. The van der Waals surface area contributed by atoms with E-state index >= 15 is 0 Å². The standard InChI is InChI=1S/C11H21N3S/c1-6-11(4,5)7-12-10-14-13-9(15-10)8(2)3/h8H,6-7H2,1-5H3,(H,12,14). The van der Waals surface area contributed by atoms with Gasteiger partial charge in [0.15, 0.2) is 0 Å². The Balaban J connectivity index is 2.51. The van der Waals surface area contributed by atoms with Crippen molar-refractivity contribution in [3.05, 3.63) is 5.01 Å². The van der Waals surface area contributed by atoms with Crippen molar-refractivity contribution in [1.29, 1.82) is 0 Å². The van der Waals surface area contributed by atoms with Gasteiger partial charge in [0, 0.05) is 12.5 Å². The number of nitrogens with zero attached hydrogens (tertiary/aromatic N) is 2. The van der Waals surface area contributed by atoms with Crippen LogP contribution in [0.5, 0.6) is 0 Å². The predicted octanol–water partition coefficient (Wildman–Crippen LogP) is 3.51. The molecule has 0 aromatic carbocycles. The summed E-state index contributed by atoms with van der Waals surface area (Å²) in [6.45, 7) is 12.0. The van der Waals surface area contributed by atoms with Crippen molar-refractivity contribution >= 4 is 16.5 Å². The van der Waals surface area contributed by atoms with Crippen LogP contribution >= 0.6 is 11.3 Å². The summed E-state index contributed by atoms with van der Waals surface area (Å²) in [4.78, 5) is 0. The van der Waals surface area contributed by atoms with Crippen LogP contribution in [0.1, 0.15) is 52.0 Å². The fourth-order valence-electron chi connectivity index (χ4n) is 0.979. The Morgan fingerprint density at radius 3 is 2.47 bits per heavy atom. The molecule has 15 heavy (non-hydrogen) atoms. The average molecular weight is 227 g/mol. The Labute approximate surface area is 96.3 Å². The van der Waals surface area contributed by atoms with Crippen LogP contribution in [0, 0.1) is 5.41 Å². The van der Waals surface area contributed by atoms with Gasteiger partial charge in [0.25, 0.3) is 0 Å². The second-order valence-corrected chi connectivity index (χ2v) is 5.98. The fourth-order valence-corrected chi connectivity index (χ4v) is 1.72. The van der Waals surface area contributed by atoms with Gasteiger partial charge < -0.3 is 5.32 Å². The second kappa shape index (κ2) is 4.92. The average Bonchev–Trinajstić information content (AvgIpc) is 2.63. The Morgan fingerprint density at radius 1 is 1.33 bits per heavy atom. The van der Waals surface area contributed by atoms with Crippen molar-refractivity contribution in [3.63, 3.8) is 0 Å². The molecule has 1 aromatic rings. The maximum atomic E-state index is 4.15. The molecule has 0 fully saturated rings. The van der Waals surface area contributed by atoms with Crippen LogP contribution in [-0.4, -0.2) is 16.7 Å². The van der Waals surface area contributed by atoms with Crippen molar-refractivity contribution in [2.45, 2.75) is 47.0 Å². The fraction of sp³-hybridized carbons (Fsp3) is 0.818. The molecule has 0 spiro atoms. The maximum Gasteiger partial charge on any atom is 0.205 e. The molecule has 1 rings (SSSR count). The highest BCUT2D eigenvalue weighted by molar-refractivity contribution is 7.15. The van der Waals surface area contributed by atoms with Crippen LogP contribution in [0.2, 0.25) is 0 Å². The molecule has 1 N–H and O–H groups in total. The molecular formula is C11H21N3S. The Kier molecular flexibility index (Phi) is 4.08. The molecule has 3 nitrogen and oxygen atoms in total. The van der Waals surface area contributed by atoms with Gasteiger partial charge in [-0.2, -0.15) is 0 Å². The first-order valence-electron chi connectivity index (χ1n) is 5.52.